The molecule has 0 bridgehead atoms. The SMILES string of the molecule is CCCCOCCOc1cc(OC)ccc1CCN. The topological polar surface area (TPSA) is 53.7 Å². The molecule has 0 spiro atoms. The third-order valence-corrected chi connectivity index (χ3v) is 2.82. The van der Waals surface area contributed by atoms with E-state index >= 15 is 0 Å². The van der Waals surface area contributed by atoms with Crippen LogP contribution in [0.5, 0.6) is 11.5 Å². The van der Waals surface area contributed by atoms with E-state index < -0.39 is 0 Å². The van der Waals surface area contributed by atoms with Gasteiger partial charge in [-0.3, -0.25) is 0 Å². The van der Waals surface area contributed by atoms with E-state index in [2.05, 4.69) is 6.92 Å². The Kier molecular flexibility index (Phi) is 8.02. The number of rotatable bonds is 10. The van der Waals surface area contributed by atoms with Crippen molar-refractivity contribution < 1.29 is 14.2 Å². The van der Waals surface area contributed by atoms with Gasteiger partial charge in [0.25, 0.3) is 0 Å². The number of nitrogens with two attached hydrogens (primary N) is 1. The molecule has 2 N–H and O–H groups in total. The van der Waals surface area contributed by atoms with Crippen LogP contribution in [-0.2, 0) is 11.2 Å². The largest absolute Gasteiger partial charge is 0.497 e. The van der Waals surface area contributed by atoms with E-state index in [1.165, 1.54) is 0 Å². The molecule has 0 amide bonds. The normalized spacial score (nSPS) is 10.5. The van der Waals surface area contributed by atoms with Gasteiger partial charge < -0.3 is 19.9 Å². The molecule has 0 atom stereocenters. The average Bonchev–Trinajstić information content (AvgIpc) is 2.44. The Morgan fingerprint density at radius 2 is 2.00 bits per heavy atom. The van der Waals surface area contributed by atoms with Crippen LogP contribution in [0.2, 0.25) is 0 Å². The first-order valence-corrected chi connectivity index (χ1v) is 6.89. The Hall–Kier alpha value is -1.26. The zero-order valence-electron chi connectivity index (χ0n) is 12.0. The van der Waals surface area contributed by atoms with Crippen molar-refractivity contribution in [2.24, 2.45) is 5.73 Å². The smallest absolute Gasteiger partial charge is 0.126 e. The highest BCUT2D eigenvalue weighted by Crippen LogP contribution is 2.25. The lowest BCUT2D eigenvalue weighted by Crippen LogP contribution is -2.10. The maximum atomic E-state index is 5.75. The van der Waals surface area contributed by atoms with Crippen molar-refractivity contribution in [1.82, 2.24) is 0 Å². The standard InChI is InChI=1S/C15H25NO3/c1-3-4-9-18-10-11-19-15-12-14(17-2)6-5-13(15)7-8-16/h5-6,12H,3-4,7-11,16H2,1-2H3. The van der Waals surface area contributed by atoms with Crippen LogP contribution in [0.15, 0.2) is 18.2 Å². The van der Waals surface area contributed by atoms with Crippen LogP contribution < -0.4 is 15.2 Å². The Balaban J connectivity index is 2.45. The van der Waals surface area contributed by atoms with Crippen molar-refractivity contribution in [2.75, 3.05) is 33.5 Å². The number of hydrogen-bond donors (Lipinski definition) is 1. The van der Waals surface area contributed by atoms with Crippen molar-refractivity contribution >= 4 is 0 Å². The number of unbranched alkanes of at least 4 members (excludes halogenated alkanes) is 1. The van der Waals surface area contributed by atoms with Crippen LogP contribution in [0.3, 0.4) is 0 Å². The summed E-state index contributed by atoms with van der Waals surface area (Å²) in [5.41, 5.74) is 6.71. The molecule has 19 heavy (non-hydrogen) atoms. The second kappa shape index (κ2) is 9.64. The Labute approximate surface area is 115 Å². The summed E-state index contributed by atoms with van der Waals surface area (Å²) < 4.78 is 16.4. The second-order valence-electron chi connectivity index (χ2n) is 4.33. The average molecular weight is 267 g/mol. The van der Waals surface area contributed by atoms with Crippen LogP contribution in [0.1, 0.15) is 25.3 Å². The lowest BCUT2D eigenvalue weighted by molar-refractivity contribution is 0.0976. The summed E-state index contributed by atoms with van der Waals surface area (Å²) in [7, 11) is 1.65. The molecule has 0 aliphatic heterocycles. The molecule has 0 aliphatic rings. The van der Waals surface area contributed by atoms with Gasteiger partial charge in [-0.2, -0.15) is 0 Å². The molecule has 0 aromatic heterocycles. The van der Waals surface area contributed by atoms with Crippen molar-refractivity contribution in [3.63, 3.8) is 0 Å². The summed E-state index contributed by atoms with van der Waals surface area (Å²) in [5, 5.41) is 0. The van der Waals surface area contributed by atoms with Crippen molar-refractivity contribution in [3.8, 4) is 11.5 Å². The van der Waals surface area contributed by atoms with E-state index in [0.717, 1.165) is 42.9 Å². The molecule has 0 saturated carbocycles. The highest BCUT2D eigenvalue weighted by Gasteiger charge is 2.05. The molecule has 1 rings (SSSR count). The predicted octanol–water partition coefficient (Wildman–Crippen LogP) is 2.39. The quantitative estimate of drug-likeness (QED) is 0.661. The Morgan fingerprint density at radius 1 is 1.16 bits per heavy atom. The number of methoxy groups -OCH3 is 1. The van der Waals surface area contributed by atoms with Gasteiger partial charge in [-0.05, 0) is 31.0 Å². The van der Waals surface area contributed by atoms with Gasteiger partial charge in [-0.25, -0.2) is 0 Å². The summed E-state index contributed by atoms with van der Waals surface area (Å²) in [6.07, 6.45) is 3.05. The monoisotopic (exact) mass is 267 g/mol. The molecule has 4 nitrogen and oxygen atoms in total. The minimum absolute atomic E-state index is 0.550. The molecule has 0 unspecified atom stereocenters. The van der Waals surface area contributed by atoms with Crippen LogP contribution in [0.4, 0.5) is 0 Å². The molecule has 0 fully saturated rings. The van der Waals surface area contributed by atoms with Gasteiger partial charge in [-0.1, -0.05) is 19.4 Å². The lowest BCUT2D eigenvalue weighted by atomic mass is 10.1. The molecular weight excluding hydrogens is 242 g/mol. The summed E-state index contributed by atoms with van der Waals surface area (Å²) >= 11 is 0. The summed E-state index contributed by atoms with van der Waals surface area (Å²) in [6.45, 7) is 4.71. The number of ether oxygens (including phenoxy) is 3. The Bertz CT molecular complexity index is 355. The molecule has 0 aliphatic carbocycles. The van der Waals surface area contributed by atoms with Crippen molar-refractivity contribution in [3.05, 3.63) is 23.8 Å². The molecule has 0 saturated heterocycles. The van der Waals surface area contributed by atoms with E-state index in [-0.39, 0.29) is 0 Å². The zero-order valence-corrected chi connectivity index (χ0v) is 12.0. The Morgan fingerprint density at radius 3 is 2.68 bits per heavy atom. The minimum Gasteiger partial charge on any atom is -0.497 e. The summed E-state index contributed by atoms with van der Waals surface area (Å²) in [4.78, 5) is 0. The van der Waals surface area contributed by atoms with E-state index in [1.807, 2.05) is 18.2 Å². The highest BCUT2D eigenvalue weighted by atomic mass is 16.5. The molecule has 1 aromatic rings. The van der Waals surface area contributed by atoms with Crippen LogP contribution in [0.25, 0.3) is 0 Å². The van der Waals surface area contributed by atoms with Gasteiger partial charge in [-0.15, -0.1) is 0 Å². The van der Waals surface area contributed by atoms with E-state index in [1.54, 1.807) is 7.11 Å². The molecular formula is C15H25NO3. The molecule has 108 valence electrons. The van der Waals surface area contributed by atoms with Gasteiger partial charge in [0, 0.05) is 12.7 Å². The van der Waals surface area contributed by atoms with E-state index in [4.69, 9.17) is 19.9 Å². The minimum atomic E-state index is 0.550. The van der Waals surface area contributed by atoms with Gasteiger partial charge >= 0.3 is 0 Å². The lowest BCUT2D eigenvalue weighted by Gasteiger charge is -2.12. The number of benzene rings is 1. The maximum Gasteiger partial charge on any atom is 0.126 e. The van der Waals surface area contributed by atoms with Gasteiger partial charge in [0.15, 0.2) is 0 Å². The zero-order chi connectivity index (χ0) is 13.9. The first-order valence-electron chi connectivity index (χ1n) is 6.89. The van der Waals surface area contributed by atoms with Gasteiger partial charge in [0.05, 0.1) is 13.7 Å². The summed E-state index contributed by atoms with van der Waals surface area (Å²) in [6, 6.07) is 5.83. The molecule has 0 heterocycles. The van der Waals surface area contributed by atoms with E-state index in [9.17, 15) is 0 Å². The van der Waals surface area contributed by atoms with Crippen molar-refractivity contribution in [2.45, 2.75) is 26.2 Å². The first kappa shape index (κ1) is 15.8. The third-order valence-electron chi connectivity index (χ3n) is 2.82. The molecule has 1 aromatic carbocycles. The third kappa shape index (κ3) is 5.94. The first-order chi connectivity index (χ1) is 9.31. The van der Waals surface area contributed by atoms with Gasteiger partial charge in [0.2, 0.25) is 0 Å². The predicted molar refractivity (Wildman–Crippen MR) is 77.0 cm³/mol. The fourth-order valence-electron chi connectivity index (χ4n) is 1.72. The fraction of sp³-hybridized carbons (Fsp3) is 0.600. The van der Waals surface area contributed by atoms with Crippen LogP contribution >= 0.6 is 0 Å². The number of hydrogen-bond acceptors (Lipinski definition) is 4. The second-order valence-corrected chi connectivity index (χ2v) is 4.33. The molecule has 0 radical (unpaired) electrons. The summed E-state index contributed by atoms with van der Waals surface area (Å²) in [5.74, 6) is 1.63. The fourth-order valence-corrected chi connectivity index (χ4v) is 1.72. The van der Waals surface area contributed by atoms with Crippen LogP contribution in [-0.4, -0.2) is 33.5 Å². The van der Waals surface area contributed by atoms with E-state index in [0.29, 0.717) is 19.8 Å². The van der Waals surface area contributed by atoms with Gasteiger partial charge in [0.1, 0.15) is 18.1 Å². The van der Waals surface area contributed by atoms with Crippen molar-refractivity contribution in [1.29, 1.82) is 0 Å². The highest BCUT2D eigenvalue weighted by molar-refractivity contribution is 5.40. The van der Waals surface area contributed by atoms with Crippen LogP contribution in [0, 0.1) is 0 Å². The maximum absolute atomic E-state index is 5.75. The molecule has 4 heteroatoms.